The van der Waals surface area contributed by atoms with Gasteiger partial charge in [-0.25, -0.2) is 4.39 Å². The third-order valence-corrected chi connectivity index (χ3v) is 3.78. The zero-order chi connectivity index (χ0) is 17.8. The summed E-state index contributed by atoms with van der Waals surface area (Å²) in [6.07, 6.45) is 0. The monoisotopic (exact) mass is 339 g/mol. The van der Waals surface area contributed by atoms with E-state index in [2.05, 4.69) is 10.2 Å². The molecule has 0 aliphatic rings. The van der Waals surface area contributed by atoms with Crippen molar-refractivity contribution in [3.8, 4) is 11.5 Å². The highest BCUT2D eigenvalue weighted by Crippen LogP contribution is 2.20. The lowest BCUT2D eigenvalue weighted by molar-refractivity contribution is 0.0650. The van der Waals surface area contributed by atoms with Crippen LogP contribution >= 0.6 is 0 Å². The van der Waals surface area contributed by atoms with Gasteiger partial charge in [0.25, 0.3) is 0 Å². The van der Waals surface area contributed by atoms with E-state index in [4.69, 9.17) is 4.42 Å². The van der Waals surface area contributed by atoms with Gasteiger partial charge in [-0.15, -0.1) is 10.2 Å². The fourth-order valence-electron chi connectivity index (χ4n) is 2.41. The molecule has 0 bridgehead atoms. The van der Waals surface area contributed by atoms with Crippen LogP contribution in [-0.2, 0) is 6.54 Å². The van der Waals surface area contributed by atoms with Crippen molar-refractivity contribution in [1.29, 1.82) is 0 Å². The van der Waals surface area contributed by atoms with Gasteiger partial charge in [-0.2, -0.15) is 0 Å². The van der Waals surface area contributed by atoms with E-state index < -0.39 is 0 Å². The average Bonchev–Trinajstić information content (AvgIpc) is 3.10. The van der Waals surface area contributed by atoms with E-state index in [1.54, 1.807) is 4.90 Å². The average molecular weight is 339 g/mol. The third-order valence-electron chi connectivity index (χ3n) is 3.78. The summed E-state index contributed by atoms with van der Waals surface area (Å²) in [6, 6.07) is 15.3. The molecule has 0 saturated carbocycles. The number of aromatic nitrogens is 2. The number of hydrogen-bond donors (Lipinski definition) is 0. The zero-order valence-corrected chi connectivity index (χ0v) is 14.0. The summed E-state index contributed by atoms with van der Waals surface area (Å²) in [5.74, 6) is -0.580. The number of amides is 1. The first-order valence-corrected chi connectivity index (χ1v) is 7.99. The molecule has 0 aliphatic carbocycles. The predicted molar refractivity (Wildman–Crippen MR) is 91.1 cm³/mol. The summed E-state index contributed by atoms with van der Waals surface area (Å²) < 4.78 is 18.5. The molecule has 3 rings (SSSR count). The Kier molecular flexibility index (Phi) is 4.88. The molecule has 1 heterocycles. The molecule has 3 aromatic rings. The Balaban J connectivity index is 1.82. The fraction of sp³-hybridized carbons (Fsp3) is 0.211. The minimum absolute atomic E-state index is 0.0334. The van der Waals surface area contributed by atoms with Crippen molar-refractivity contribution in [2.45, 2.75) is 26.4 Å². The van der Waals surface area contributed by atoms with Crippen molar-refractivity contribution < 1.29 is 13.6 Å². The third kappa shape index (κ3) is 3.91. The number of rotatable bonds is 5. The Labute approximate surface area is 145 Å². The molecule has 25 heavy (non-hydrogen) atoms. The van der Waals surface area contributed by atoms with E-state index in [0.717, 1.165) is 5.56 Å². The van der Waals surface area contributed by atoms with Gasteiger partial charge in [-0.3, -0.25) is 4.79 Å². The summed E-state index contributed by atoms with van der Waals surface area (Å²) in [5, 5.41) is 7.76. The van der Waals surface area contributed by atoms with Crippen LogP contribution in [0.1, 0.15) is 30.1 Å². The maximum absolute atomic E-state index is 13.0. The van der Waals surface area contributed by atoms with Gasteiger partial charge >= 0.3 is 11.8 Å². The number of benzene rings is 2. The molecule has 0 atom stereocenters. The summed E-state index contributed by atoms with van der Waals surface area (Å²) in [4.78, 5) is 14.4. The highest BCUT2D eigenvalue weighted by molar-refractivity contribution is 5.90. The Morgan fingerprint density at radius 2 is 1.76 bits per heavy atom. The van der Waals surface area contributed by atoms with Crippen molar-refractivity contribution in [3.05, 3.63) is 71.9 Å². The lowest BCUT2D eigenvalue weighted by Gasteiger charge is -2.25. The van der Waals surface area contributed by atoms with E-state index in [9.17, 15) is 9.18 Å². The van der Waals surface area contributed by atoms with E-state index in [-0.39, 0.29) is 29.5 Å². The quantitative estimate of drug-likeness (QED) is 0.707. The summed E-state index contributed by atoms with van der Waals surface area (Å²) in [7, 11) is 0. The highest BCUT2D eigenvalue weighted by atomic mass is 19.1. The Bertz CT molecular complexity index is 845. The predicted octanol–water partition coefficient (Wildman–Crippen LogP) is 3.93. The van der Waals surface area contributed by atoms with Gasteiger partial charge in [0.15, 0.2) is 0 Å². The second-order valence-corrected chi connectivity index (χ2v) is 5.93. The van der Waals surface area contributed by atoms with Crippen molar-refractivity contribution in [2.24, 2.45) is 0 Å². The van der Waals surface area contributed by atoms with Crippen LogP contribution in [0.3, 0.4) is 0 Å². The molecule has 0 unspecified atom stereocenters. The topological polar surface area (TPSA) is 59.2 Å². The van der Waals surface area contributed by atoms with Crippen LogP contribution in [0.2, 0.25) is 0 Å². The molecular weight excluding hydrogens is 321 g/mol. The van der Waals surface area contributed by atoms with Crippen LogP contribution in [-0.4, -0.2) is 27.0 Å². The minimum Gasteiger partial charge on any atom is -0.412 e. The van der Waals surface area contributed by atoms with Gasteiger partial charge < -0.3 is 9.32 Å². The van der Waals surface area contributed by atoms with Gasteiger partial charge in [-0.05, 0) is 43.7 Å². The molecule has 0 radical (unpaired) electrons. The maximum atomic E-state index is 13.0. The summed E-state index contributed by atoms with van der Waals surface area (Å²) >= 11 is 0. The van der Waals surface area contributed by atoms with Crippen LogP contribution < -0.4 is 0 Å². The standard InChI is InChI=1S/C19H18FN3O2/c1-13(2)23(12-14-6-4-3-5-7-14)19(24)18-22-21-17(25-18)15-8-10-16(20)11-9-15/h3-11,13H,12H2,1-2H3. The normalized spacial score (nSPS) is 10.9. The summed E-state index contributed by atoms with van der Waals surface area (Å²) in [6.45, 7) is 4.31. The number of halogens is 1. The lowest BCUT2D eigenvalue weighted by Crippen LogP contribution is -2.36. The molecule has 5 nitrogen and oxygen atoms in total. The Morgan fingerprint density at radius 1 is 1.08 bits per heavy atom. The van der Waals surface area contributed by atoms with Gasteiger partial charge in [0.05, 0.1) is 0 Å². The molecule has 128 valence electrons. The van der Waals surface area contributed by atoms with Crippen LogP contribution in [0.25, 0.3) is 11.5 Å². The van der Waals surface area contributed by atoms with E-state index in [1.165, 1.54) is 24.3 Å². The van der Waals surface area contributed by atoms with Crippen molar-refractivity contribution in [3.63, 3.8) is 0 Å². The molecule has 0 saturated heterocycles. The van der Waals surface area contributed by atoms with E-state index >= 15 is 0 Å². The first kappa shape index (κ1) is 16.8. The van der Waals surface area contributed by atoms with Crippen LogP contribution in [0.15, 0.2) is 59.0 Å². The SMILES string of the molecule is CC(C)N(Cc1ccccc1)C(=O)c1nnc(-c2ccc(F)cc2)o1. The van der Waals surface area contributed by atoms with E-state index in [0.29, 0.717) is 12.1 Å². The van der Waals surface area contributed by atoms with Gasteiger partial charge in [-0.1, -0.05) is 30.3 Å². The second-order valence-electron chi connectivity index (χ2n) is 5.93. The number of nitrogens with zero attached hydrogens (tertiary/aromatic N) is 3. The highest BCUT2D eigenvalue weighted by Gasteiger charge is 2.24. The molecule has 1 aromatic heterocycles. The first-order valence-electron chi connectivity index (χ1n) is 7.99. The second kappa shape index (κ2) is 7.25. The van der Waals surface area contributed by atoms with Crippen LogP contribution in [0.4, 0.5) is 4.39 Å². The van der Waals surface area contributed by atoms with Gasteiger partial charge in [0, 0.05) is 18.2 Å². The molecule has 0 fully saturated rings. The van der Waals surface area contributed by atoms with Crippen LogP contribution in [0.5, 0.6) is 0 Å². The molecule has 2 aromatic carbocycles. The molecule has 1 amide bonds. The van der Waals surface area contributed by atoms with Gasteiger partial charge in [0.1, 0.15) is 5.82 Å². The van der Waals surface area contributed by atoms with Crippen LogP contribution in [0, 0.1) is 5.82 Å². The number of carbonyl (C=O) groups excluding carboxylic acids is 1. The molecule has 0 aliphatic heterocycles. The number of hydrogen-bond acceptors (Lipinski definition) is 4. The largest absolute Gasteiger partial charge is 0.412 e. The maximum Gasteiger partial charge on any atom is 0.311 e. The minimum atomic E-state index is -0.353. The number of carbonyl (C=O) groups is 1. The Morgan fingerprint density at radius 3 is 2.40 bits per heavy atom. The molecular formula is C19H18FN3O2. The zero-order valence-electron chi connectivity index (χ0n) is 14.0. The van der Waals surface area contributed by atoms with E-state index in [1.807, 2.05) is 44.2 Å². The van der Waals surface area contributed by atoms with Crippen molar-refractivity contribution >= 4 is 5.91 Å². The first-order chi connectivity index (χ1) is 12.0. The molecule has 0 spiro atoms. The lowest BCUT2D eigenvalue weighted by atomic mass is 10.2. The fourth-order valence-corrected chi connectivity index (χ4v) is 2.41. The summed E-state index contributed by atoms with van der Waals surface area (Å²) in [5.41, 5.74) is 1.58. The molecule has 0 N–H and O–H groups in total. The smallest absolute Gasteiger partial charge is 0.311 e. The van der Waals surface area contributed by atoms with Crippen molar-refractivity contribution in [2.75, 3.05) is 0 Å². The Hall–Kier alpha value is -3.02. The van der Waals surface area contributed by atoms with Gasteiger partial charge in [0.2, 0.25) is 5.89 Å². The molecule has 6 heteroatoms. The van der Waals surface area contributed by atoms with Crippen molar-refractivity contribution in [1.82, 2.24) is 15.1 Å².